The van der Waals surface area contributed by atoms with Crippen molar-refractivity contribution in [2.45, 2.75) is 19.8 Å². The van der Waals surface area contributed by atoms with E-state index in [1.165, 1.54) is 5.56 Å². The van der Waals surface area contributed by atoms with Crippen LogP contribution in [0.2, 0.25) is 0 Å². The molecule has 0 saturated heterocycles. The normalized spacial score (nSPS) is 10.3. The van der Waals surface area contributed by atoms with E-state index in [2.05, 4.69) is 30.8 Å². The van der Waals surface area contributed by atoms with Crippen molar-refractivity contribution in [2.24, 2.45) is 0 Å². The molecular formula is C21H24O4. The number of esters is 1. The van der Waals surface area contributed by atoms with Crippen LogP contribution in [0.1, 0.15) is 18.9 Å². The van der Waals surface area contributed by atoms with Crippen LogP contribution in [0.25, 0.3) is 11.1 Å². The Balaban J connectivity index is 1.85. The quantitative estimate of drug-likeness (QED) is 0.294. The fourth-order valence-electron chi connectivity index (χ4n) is 2.30. The molecule has 4 heteroatoms. The number of aryl methyl sites for hydroxylation is 1. The number of benzene rings is 2. The molecule has 0 unspecified atom stereocenters. The van der Waals surface area contributed by atoms with E-state index < -0.39 is 0 Å². The van der Waals surface area contributed by atoms with Crippen LogP contribution in [0.15, 0.2) is 60.7 Å². The topological polar surface area (TPSA) is 44.8 Å². The van der Waals surface area contributed by atoms with Gasteiger partial charge in [-0.2, -0.15) is 0 Å². The van der Waals surface area contributed by atoms with Crippen LogP contribution in [0, 0.1) is 0 Å². The highest BCUT2D eigenvalue weighted by atomic mass is 16.7. The molecule has 0 atom stereocenters. The van der Waals surface area contributed by atoms with Crippen molar-refractivity contribution in [2.75, 3.05) is 20.5 Å². The highest BCUT2D eigenvalue weighted by Crippen LogP contribution is 2.23. The number of carbonyl (C=O) groups is 1. The minimum absolute atomic E-state index is 0.246. The molecule has 0 amide bonds. The Bertz CT molecular complexity index is 687. The van der Waals surface area contributed by atoms with Gasteiger partial charge in [0.05, 0.1) is 6.61 Å². The van der Waals surface area contributed by atoms with Crippen LogP contribution in [-0.2, 0) is 20.7 Å². The first-order valence-electron chi connectivity index (χ1n) is 8.24. The van der Waals surface area contributed by atoms with Gasteiger partial charge in [-0.05, 0) is 48.6 Å². The summed E-state index contributed by atoms with van der Waals surface area (Å²) in [6.07, 6.45) is 1.66. The standard InChI is InChI=1S/C21H24O4/c1-16(2)21(22)24-14-4-5-17-6-8-18(9-7-17)19-10-12-20(13-11-19)25-15-23-3/h6-13H,1,4-5,14-15H2,2-3H3. The summed E-state index contributed by atoms with van der Waals surface area (Å²) < 4.78 is 15.4. The second kappa shape index (κ2) is 9.64. The van der Waals surface area contributed by atoms with Gasteiger partial charge in [0, 0.05) is 12.7 Å². The molecule has 0 aliphatic rings. The second-order valence-electron chi connectivity index (χ2n) is 5.79. The molecule has 0 saturated carbocycles. The monoisotopic (exact) mass is 340 g/mol. The third-order valence-electron chi connectivity index (χ3n) is 3.68. The Morgan fingerprint density at radius 2 is 1.60 bits per heavy atom. The van der Waals surface area contributed by atoms with E-state index in [0.29, 0.717) is 12.2 Å². The summed E-state index contributed by atoms with van der Waals surface area (Å²) in [7, 11) is 1.60. The van der Waals surface area contributed by atoms with Crippen LogP contribution in [0.5, 0.6) is 5.75 Å². The van der Waals surface area contributed by atoms with Gasteiger partial charge in [-0.1, -0.05) is 43.0 Å². The fraction of sp³-hybridized carbons (Fsp3) is 0.286. The molecule has 0 aliphatic heterocycles. The van der Waals surface area contributed by atoms with Crippen molar-refractivity contribution in [3.8, 4) is 16.9 Å². The number of hydrogen-bond donors (Lipinski definition) is 0. The number of ether oxygens (including phenoxy) is 3. The zero-order chi connectivity index (χ0) is 18.1. The summed E-state index contributed by atoms with van der Waals surface area (Å²) >= 11 is 0. The van der Waals surface area contributed by atoms with Crippen molar-refractivity contribution >= 4 is 5.97 Å². The largest absolute Gasteiger partial charge is 0.468 e. The van der Waals surface area contributed by atoms with Gasteiger partial charge in [0.25, 0.3) is 0 Å². The molecule has 0 aromatic heterocycles. The Morgan fingerprint density at radius 3 is 2.16 bits per heavy atom. The Labute approximate surface area is 149 Å². The van der Waals surface area contributed by atoms with Crippen LogP contribution in [0.4, 0.5) is 0 Å². The highest BCUT2D eigenvalue weighted by Gasteiger charge is 2.03. The highest BCUT2D eigenvalue weighted by molar-refractivity contribution is 5.86. The van der Waals surface area contributed by atoms with Crippen molar-refractivity contribution in [3.05, 3.63) is 66.2 Å². The second-order valence-corrected chi connectivity index (χ2v) is 5.79. The van der Waals surface area contributed by atoms with Crippen LogP contribution >= 0.6 is 0 Å². The molecule has 0 aliphatic carbocycles. The Morgan fingerprint density at radius 1 is 1.00 bits per heavy atom. The maximum atomic E-state index is 11.3. The third-order valence-corrected chi connectivity index (χ3v) is 3.68. The predicted octanol–water partition coefficient (Wildman–Crippen LogP) is 4.39. The minimum atomic E-state index is -0.326. The predicted molar refractivity (Wildman–Crippen MR) is 98.5 cm³/mol. The zero-order valence-corrected chi connectivity index (χ0v) is 14.8. The lowest BCUT2D eigenvalue weighted by Crippen LogP contribution is -2.06. The molecule has 0 N–H and O–H groups in total. The summed E-state index contributed by atoms with van der Waals surface area (Å²) in [6, 6.07) is 16.3. The van der Waals surface area contributed by atoms with Gasteiger partial charge >= 0.3 is 5.97 Å². The van der Waals surface area contributed by atoms with Gasteiger partial charge in [0.15, 0.2) is 6.79 Å². The average molecular weight is 340 g/mol. The molecule has 0 bridgehead atoms. The van der Waals surface area contributed by atoms with E-state index in [9.17, 15) is 4.79 Å². The van der Waals surface area contributed by atoms with Crippen LogP contribution < -0.4 is 4.74 Å². The summed E-state index contributed by atoms with van der Waals surface area (Å²) in [5, 5.41) is 0. The smallest absolute Gasteiger partial charge is 0.333 e. The summed E-state index contributed by atoms with van der Waals surface area (Å²) in [5.74, 6) is 0.458. The van der Waals surface area contributed by atoms with Crippen molar-refractivity contribution in [1.29, 1.82) is 0 Å². The average Bonchev–Trinajstić information content (AvgIpc) is 2.64. The maximum Gasteiger partial charge on any atom is 0.333 e. The molecule has 0 spiro atoms. The third kappa shape index (κ3) is 6.08. The zero-order valence-electron chi connectivity index (χ0n) is 14.8. The summed E-state index contributed by atoms with van der Waals surface area (Å²) in [4.78, 5) is 11.3. The first-order valence-corrected chi connectivity index (χ1v) is 8.24. The van der Waals surface area contributed by atoms with Gasteiger partial charge in [0.1, 0.15) is 5.75 Å². The van der Waals surface area contributed by atoms with Gasteiger partial charge in [-0.25, -0.2) is 4.79 Å². The minimum Gasteiger partial charge on any atom is -0.468 e. The molecule has 25 heavy (non-hydrogen) atoms. The first kappa shape index (κ1) is 18.7. The molecule has 0 fully saturated rings. The molecule has 0 heterocycles. The number of methoxy groups -OCH3 is 1. The van der Waals surface area contributed by atoms with Crippen molar-refractivity contribution in [3.63, 3.8) is 0 Å². The molecule has 2 rings (SSSR count). The first-order chi connectivity index (χ1) is 12.1. The van der Waals surface area contributed by atoms with E-state index in [1.54, 1.807) is 14.0 Å². The molecule has 4 nitrogen and oxygen atoms in total. The lowest BCUT2D eigenvalue weighted by molar-refractivity contribution is -0.139. The van der Waals surface area contributed by atoms with Crippen LogP contribution in [0.3, 0.4) is 0 Å². The Hall–Kier alpha value is -2.59. The lowest BCUT2D eigenvalue weighted by atomic mass is 10.0. The van der Waals surface area contributed by atoms with Gasteiger partial charge < -0.3 is 14.2 Å². The van der Waals surface area contributed by atoms with E-state index in [-0.39, 0.29) is 12.8 Å². The maximum absolute atomic E-state index is 11.3. The summed E-state index contributed by atoms with van der Waals surface area (Å²) in [5.41, 5.74) is 3.93. The van der Waals surface area contributed by atoms with Gasteiger partial charge in [-0.15, -0.1) is 0 Å². The Kier molecular flexibility index (Phi) is 7.23. The van der Waals surface area contributed by atoms with E-state index in [1.807, 2.05) is 24.3 Å². The number of carbonyl (C=O) groups excluding carboxylic acids is 1. The number of rotatable bonds is 9. The van der Waals surface area contributed by atoms with Crippen LogP contribution in [-0.4, -0.2) is 26.5 Å². The van der Waals surface area contributed by atoms with Crippen molar-refractivity contribution in [1.82, 2.24) is 0 Å². The molecular weight excluding hydrogens is 316 g/mol. The van der Waals surface area contributed by atoms with Crippen molar-refractivity contribution < 1.29 is 19.0 Å². The summed E-state index contributed by atoms with van der Waals surface area (Å²) in [6.45, 7) is 5.87. The van der Waals surface area contributed by atoms with E-state index >= 15 is 0 Å². The van der Waals surface area contributed by atoms with Gasteiger partial charge in [0.2, 0.25) is 0 Å². The molecule has 2 aromatic rings. The SMILES string of the molecule is C=C(C)C(=O)OCCCc1ccc(-c2ccc(OCOC)cc2)cc1. The molecule has 132 valence electrons. The molecule has 0 radical (unpaired) electrons. The van der Waals surface area contributed by atoms with Gasteiger partial charge in [-0.3, -0.25) is 0 Å². The fourth-order valence-corrected chi connectivity index (χ4v) is 2.30. The lowest BCUT2D eigenvalue weighted by Gasteiger charge is -2.08. The number of hydrogen-bond acceptors (Lipinski definition) is 4. The molecule has 2 aromatic carbocycles. The van der Waals surface area contributed by atoms with E-state index in [4.69, 9.17) is 14.2 Å². The van der Waals surface area contributed by atoms with E-state index in [0.717, 1.165) is 29.7 Å².